The number of rotatable bonds is 5. The molecule has 1 fully saturated rings. The van der Waals surface area contributed by atoms with Gasteiger partial charge in [-0.25, -0.2) is 8.42 Å². The Morgan fingerprint density at radius 3 is 2.17 bits per heavy atom. The first kappa shape index (κ1) is 18.7. The predicted octanol–water partition coefficient (Wildman–Crippen LogP) is 0.315. The number of nitrogens with zero attached hydrogens (tertiary/aromatic N) is 1. The van der Waals surface area contributed by atoms with Crippen molar-refractivity contribution in [1.82, 2.24) is 4.31 Å². The number of ether oxygens (including phenoxy) is 1. The number of carbonyl (C=O) groups excluding carboxylic acids is 1. The summed E-state index contributed by atoms with van der Waals surface area (Å²) in [7, 11) is -5.97. The lowest BCUT2D eigenvalue weighted by molar-refractivity contribution is -0.144. The lowest BCUT2D eigenvalue weighted by atomic mass is 9.92. The van der Waals surface area contributed by atoms with Gasteiger partial charge in [0.2, 0.25) is 10.0 Å². The van der Waals surface area contributed by atoms with Gasteiger partial charge in [-0.05, 0) is 24.1 Å². The molecule has 0 radical (unpaired) electrons. The molecule has 10 heteroatoms. The van der Waals surface area contributed by atoms with Gasteiger partial charge >= 0.3 is 16.1 Å². The summed E-state index contributed by atoms with van der Waals surface area (Å²) in [5.41, 5.74) is 0.706. The van der Waals surface area contributed by atoms with Gasteiger partial charge in [0.25, 0.3) is 0 Å². The molecule has 134 valence electrons. The van der Waals surface area contributed by atoms with E-state index >= 15 is 0 Å². The summed E-state index contributed by atoms with van der Waals surface area (Å²) >= 11 is 0. The number of sulfonamides is 1. The first-order chi connectivity index (χ1) is 11.0. The molecule has 1 aliphatic rings. The summed E-state index contributed by atoms with van der Waals surface area (Å²) in [5, 5.41) is 0. The van der Waals surface area contributed by atoms with Crippen molar-refractivity contribution >= 4 is 26.1 Å². The van der Waals surface area contributed by atoms with Gasteiger partial charge in [0.15, 0.2) is 0 Å². The molecule has 2 unspecified atom stereocenters. The molecule has 2 rings (SSSR count). The van der Waals surface area contributed by atoms with E-state index < -0.39 is 32.2 Å². The Kier molecular flexibility index (Phi) is 5.21. The molecule has 1 heterocycles. The lowest BCUT2D eigenvalue weighted by Gasteiger charge is -2.24. The number of methoxy groups -OCH3 is 1. The summed E-state index contributed by atoms with van der Waals surface area (Å²) in [4.78, 5) is 12.1. The Hall–Kier alpha value is -1.65. The van der Waals surface area contributed by atoms with Crippen molar-refractivity contribution in [2.75, 3.05) is 26.2 Å². The second-order valence-electron chi connectivity index (χ2n) is 5.59. The van der Waals surface area contributed by atoms with Crippen molar-refractivity contribution in [2.45, 2.75) is 18.4 Å². The monoisotopic (exact) mass is 377 g/mol. The third-order valence-corrected chi connectivity index (χ3v) is 5.53. The Bertz CT molecular complexity index is 815. The van der Waals surface area contributed by atoms with E-state index in [0.717, 1.165) is 16.8 Å². The highest BCUT2D eigenvalue weighted by atomic mass is 32.2. The van der Waals surface area contributed by atoms with Crippen LogP contribution in [0.15, 0.2) is 24.3 Å². The standard InChI is InChI=1S/C14H19NO7S2/c1-21-14(16)13-12(8-9-15(13)23(2,17)18)10-4-6-11(7-5-10)22-24(3,19)20/h4-7,12-13H,8-9H2,1-3H3. The van der Waals surface area contributed by atoms with Crippen LogP contribution in [0.4, 0.5) is 0 Å². The average molecular weight is 377 g/mol. The molecular weight excluding hydrogens is 358 g/mol. The van der Waals surface area contributed by atoms with Gasteiger partial charge in [-0.1, -0.05) is 12.1 Å². The molecule has 0 saturated carbocycles. The Labute approximate surface area is 141 Å². The Morgan fingerprint density at radius 2 is 1.71 bits per heavy atom. The summed E-state index contributed by atoms with van der Waals surface area (Å²) < 4.78 is 56.6. The van der Waals surface area contributed by atoms with Gasteiger partial charge in [0, 0.05) is 12.5 Å². The molecule has 0 aliphatic carbocycles. The molecule has 0 aromatic heterocycles. The summed E-state index contributed by atoms with van der Waals surface area (Å²) in [6, 6.07) is 5.23. The van der Waals surface area contributed by atoms with E-state index in [-0.39, 0.29) is 18.2 Å². The molecule has 1 saturated heterocycles. The quantitative estimate of drug-likeness (QED) is 0.537. The normalized spacial score (nSPS) is 22.3. The van der Waals surface area contributed by atoms with Crippen LogP contribution in [-0.4, -0.2) is 59.3 Å². The van der Waals surface area contributed by atoms with Crippen molar-refractivity contribution in [3.05, 3.63) is 29.8 Å². The molecule has 0 N–H and O–H groups in total. The van der Waals surface area contributed by atoms with E-state index in [0.29, 0.717) is 12.0 Å². The smallest absolute Gasteiger partial charge is 0.324 e. The minimum absolute atomic E-state index is 0.147. The van der Waals surface area contributed by atoms with E-state index in [1.165, 1.54) is 19.2 Å². The van der Waals surface area contributed by atoms with Gasteiger partial charge in [0.05, 0.1) is 19.6 Å². The van der Waals surface area contributed by atoms with Crippen molar-refractivity contribution in [2.24, 2.45) is 0 Å². The number of hydrogen-bond acceptors (Lipinski definition) is 7. The zero-order valence-electron chi connectivity index (χ0n) is 13.5. The zero-order valence-corrected chi connectivity index (χ0v) is 15.1. The second-order valence-corrected chi connectivity index (χ2v) is 9.10. The first-order valence-corrected chi connectivity index (χ1v) is 10.7. The Morgan fingerprint density at radius 1 is 1.12 bits per heavy atom. The Balaban J connectivity index is 2.31. The fraction of sp³-hybridized carbons (Fsp3) is 0.500. The fourth-order valence-corrected chi connectivity index (χ4v) is 4.38. The van der Waals surface area contributed by atoms with Crippen LogP contribution in [0.1, 0.15) is 17.9 Å². The third-order valence-electron chi connectivity index (χ3n) is 3.78. The largest absolute Gasteiger partial charge is 0.468 e. The summed E-state index contributed by atoms with van der Waals surface area (Å²) in [6.07, 6.45) is 2.45. The molecule has 0 amide bonds. The number of carbonyl (C=O) groups is 1. The molecule has 0 spiro atoms. The van der Waals surface area contributed by atoms with Gasteiger partial charge < -0.3 is 8.92 Å². The van der Waals surface area contributed by atoms with E-state index in [1.54, 1.807) is 12.1 Å². The maximum atomic E-state index is 12.1. The summed E-state index contributed by atoms with van der Waals surface area (Å²) in [6.45, 7) is 0.213. The highest BCUT2D eigenvalue weighted by Crippen LogP contribution is 2.36. The maximum absolute atomic E-state index is 12.1. The van der Waals surface area contributed by atoms with E-state index in [2.05, 4.69) is 0 Å². The van der Waals surface area contributed by atoms with E-state index in [1.807, 2.05) is 0 Å². The molecule has 1 aromatic rings. The van der Waals surface area contributed by atoms with Crippen LogP contribution in [0.5, 0.6) is 5.75 Å². The van der Waals surface area contributed by atoms with Crippen molar-refractivity contribution in [1.29, 1.82) is 0 Å². The van der Waals surface area contributed by atoms with Crippen molar-refractivity contribution < 1.29 is 30.6 Å². The summed E-state index contributed by atoms with van der Waals surface area (Å²) in [5.74, 6) is -0.854. The van der Waals surface area contributed by atoms with Crippen molar-refractivity contribution in [3.8, 4) is 5.75 Å². The maximum Gasteiger partial charge on any atom is 0.324 e. The molecule has 2 atom stereocenters. The molecular formula is C14H19NO7S2. The minimum atomic E-state index is -3.63. The van der Waals surface area contributed by atoms with Crippen LogP contribution in [0, 0.1) is 0 Å². The molecule has 1 aliphatic heterocycles. The van der Waals surface area contributed by atoms with Gasteiger partial charge in [-0.2, -0.15) is 12.7 Å². The van der Waals surface area contributed by atoms with Gasteiger partial charge in [-0.3, -0.25) is 4.79 Å². The highest BCUT2D eigenvalue weighted by Gasteiger charge is 2.45. The SMILES string of the molecule is COC(=O)C1C(c2ccc(OS(C)(=O)=O)cc2)CCN1S(C)(=O)=O. The topological polar surface area (TPSA) is 107 Å². The van der Waals surface area contributed by atoms with Gasteiger partial charge in [0.1, 0.15) is 11.8 Å². The molecule has 1 aromatic carbocycles. The van der Waals surface area contributed by atoms with Crippen LogP contribution in [0.25, 0.3) is 0 Å². The first-order valence-electron chi connectivity index (χ1n) is 7.07. The average Bonchev–Trinajstić information content (AvgIpc) is 2.90. The van der Waals surface area contributed by atoms with Crippen LogP contribution in [-0.2, 0) is 29.7 Å². The fourth-order valence-electron chi connectivity index (χ4n) is 2.83. The van der Waals surface area contributed by atoms with Crippen LogP contribution < -0.4 is 4.18 Å². The molecule has 8 nitrogen and oxygen atoms in total. The molecule has 0 bridgehead atoms. The number of benzene rings is 1. The predicted molar refractivity (Wildman–Crippen MR) is 86.6 cm³/mol. The van der Waals surface area contributed by atoms with Crippen molar-refractivity contribution in [3.63, 3.8) is 0 Å². The van der Waals surface area contributed by atoms with Crippen LogP contribution >= 0.6 is 0 Å². The van der Waals surface area contributed by atoms with E-state index in [9.17, 15) is 21.6 Å². The lowest BCUT2D eigenvalue weighted by Crippen LogP contribution is -2.42. The van der Waals surface area contributed by atoms with Crippen LogP contribution in [0.2, 0.25) is 0 Å². The number of esters is 1. The van der Waals surface area contributed by atoms with Crippen LogP contribution in [0.3, 0.4) is 0 Å². The van der Waals surface area contributed by atoms with Gasteiger partial charge in [-0.15, -0.1) is 0 Å². The number of hydrogen-bond donors (Lipinski definition) is 0. The third kappa shape index (κ3) is 4.25. The van der Waals surface area contributed by atoms with E-state index in [4.69, 9.17) is 8.92 Å². The molecule has 24 heavy (non-hydrogen) atoms. The second kappa shape index (κ2) is 6.69. The minimum Gasteiger partial charge on any atom is -0.468 e. The zero-order chi connectivity index (χ0) is 18.1. The highest BCUT2D eigenvalue weighted by molar-refractivity contribution is 7.88.